The Hall–Kier alpha value is -0.680. The number of aliphatic hydroxyl groups is 1. The van der Waals surface area contributed by atoms with Gasteiger partial charge in [-0.3, -0.25) is 4.90 Å². The topological polar surface area (TPSA) is 26.7 Å². The van der Waals surface area contributed by atoms with Crippen molar-refractivity contribution in [3.8, 4) is 0 Å². The molecule has 2 atom stereocenters. The Labute approximate surface area is 124 Å². The van der Waals surface area contributed by atoms with Gasteiger partial charge in [-0.05, 0) is 45.2 Å². The van der Waals surface area contributed by atoms with Gasteiger partial charge in [0, 0.05) is 19.0 Å². The monoisotopic (exact) mass is 300 g/mol. The Morgan fingerprint density at radius 2 is 2.15 bits per heavy atom. The van der Waals surface area contributed by atoms with Crippen molar-refractivity contribution in [2.75, 3.05) is 33.7 Å². The summed E-state index contributed by atoms with van der Waals surface area (Å²) in [5.74, 6) is -0.428. The molecular formula is C15H22ClFN2O. The van der Waals surface area contributed by atoms with Crippen LogP contribution in [0.3, 0.4) is 0 Å². The van der Waals surface area contributed by atoms with Crippen molar-refractivity contribution in [3.63, 3.8) is 0 Å². The zero-order chi connectivity index (χ0) is 14.7. The van der Waals surface area contributed by atoms with Crippen LogP contribution in [0.1, 0.15) is 12.0 Å². The third-order valence-electron chi connectivity index (χ3n) is 4.02. The van der Waals surface area contributed by atoms with Gasteiger partial charge in [-0.1, -0.05) is 23.7 Å². The fraction of sp³-hybridized carbons (Fsp3) is 0.600. The number of hydrogen-bond donors (Lipinski definition) is 1. The maximum absolute atomic E-state index is 13.4. The molecule has 1 N–H and O–H groups in total. The molecule has 20 heavy (non-hydrogen) atoms. The van der Waals surface area contributed by atoms with Crippen LogP contribution in [0.15, 0.2) is 18.2 Å². The van der Waals surface area contributed by atoms with E-state index >= 15 is 0 Å². The lowest BCUT2D eigenvalue weighted by molar-refractivity contribution is 0.0581. The number of halogens is 2. The summed E-state index contributed by atoms with van der Waals surface area (Å²) in [6, 6.07) is 4.78. The van der Waals surface area contributed by atoms with Gasteiger partial charge in [0.25, 0.3) is 0 Å². The molecule has 1 aromatic rings. The van der Waals surface area contributed by atoms with Crippen LogP contribution in [-0.2, 0) is 6.42 Å². The Morgan fingerprint density at radius 3 is 2.90 bits per heavy atom. The summed E-state index contributed by atoms with van der Waals surface area (Å²) in [6.07, 6.45) is 0.913. The van der Waals surface area contributed by atoms with Gasteiger partial charge in [0.15, 0.2) is 0 Å². The van der Waals surface area contributed by atoms with E-state index in [9.17, 15) is 9.50 Å². The highest BCUT2D eigenvalue weighted by Gasteiger charge is 2.27. The quantitative estimate of drug-likeness (QED) is 0.925. The highest BCUT2D eigenvalue weighted by Crippen LogP contribution is 2.23. The molecule has 0 bridgehead atoms. The van der Waals surface area contributed by atoms with E-state index in [1.54, 1.807) is 12.1 Å². The summed E-state index contributed by atoms with van der Waals surface area (Å²) < 4.78 is 13.4. The van der Waals surface area contributed by atoms with Crippen molar-refractivity contribution >= 4 is 11.6 Å². The fourth-order valence-electron chi connectivity index (χ4n) is 2.79. The molecular weight excluding hydrogens is 279 g/mol. The SMILES string of the molecule is CN1CCCN(C)C(C(O)Cc2cccc(F)c2Cl)C1. The number of rotatable bonds is 3. The second kappa shape index (κ2) is 6.85. The third kappa shape index (κ3) is 3.70. The van der Waals surface area contributed by atoms with Crippen LogP contribution in [0.2, 0.25) is 5.02 Å². The summed E-state index contributed by atoms with van der Waals surface area (Å²) in [6.45, 7) is 2.81. The van der Waals surface area contributed by atoms with Gasteiger partial charge >= 0.3 is 0 Å². The van der Waals surface area contributed by atoms with Crippen molar-refractivity contribution in [1.29, 1.82) is 0 Å². The van der Waals surface area contributed by atoms with E-state index in [2.05, 4.69) is 16.8 Å². The van der Waals surface area contributed by atoms with Gasteiger partial charge in [0.05, 0.1) is 11.1 Å². The number of nitrogens with zero attached hydrogens (tertiary/aromatic N) is 2. The number of hydrogen-bond acceptors (Lipinski definition) is 3. The highest BCUT2D eigenvalue weighted by atomic mass is 35.5. The highest BCUT2D eigenvalue weighted by molar-refractivity contribution is 6.31. The molecule has 2 rings (SSSR count). The van der Waals surface area contributed by atoms with Crippen LogP contribution in [0, 0.1) is 5.82 Å². The molecule has 0 aliphatic carbocycles. The van der Waals surface area contributed by atoms with Crippen LogP contribution in [-0.4, -0.2) is 60.8 Å². The Balaban J connectivity index is 2.09. The molecule has 0 saturated carbocycles. The summed E-state index contributed by atoms with van der Waals surface area (Å²) in [5, 5.41) is 10.6. The van der Waals surface area contributed by atoms with Crippen molar-refractivity contribution in [3.05, 3.63) is 34.6 Å². The second-order valence-electron chi connectivity index (χ2n) is 5.65. The molecule has 1 aromatic carbocycles. The first-order valence-electron chi connectivity index (χ1n) is 6.98. The second-order valence-corrected chi connectivity index (χ2v) is 6.03. The summed E-state index contributed by atoms with van der Waals surface area (Å²) in [5.41, 5.74) is 0.666. The minimum absolute atomic E-state index is 0.0434. The van der Waals surface area contributed by atoms with Crippen molar-refractivity contribution in [2.45, 2.75) is 25.0 Å². The molecule has 2 unspecified atom stereocenters. The van der Waals surface area contributed by atoms with Crippen LogP contribution in [0.4, 0.5) is 4.39 Å². The lowest BCUT2D eigenvalue weighted by Crippen LogP contribution is -2.47. The number of likely N-dealkylation sites (N-methyl/N-ethyl adjacent to an activating group) is 2. The standard InChI is InChI=1S/C15H22ClFN2O/c1-18-7-4-8-19(2)13(10-18)14(20)9-11-5-3-6-12(17)15(11)16/h3,5-6,13-14,20H,4,7-10H2,1-2H3. The van der Waals surface area contributed by atoms with E-state index < -0.39 is 11.9 Å². The average Bonchev–Trinajstić information content (AvgIpc) is 2.57. The van der Waals surface area contributed by atoms with Crippen LogP contribution < -0.4 is 0 Å². The average molecular weight is 301 g/mol. The van der Waals surface area contributed by atoms with Gasteiger partial charge in [-0.2, -0.15) is 0 Å². The first kappa shape index (κ1) is 15.7. The van der Waals surface area contributed by atoms with E-state index in [-0.39, 0.29) is 11.1 Å². The normalized spacial score (nSPS) is 23.6. The molecule has 1 aliphatic rings. The van der Waals surface area contributed by atoms with Gasteiger partial charge in [0.1, 0.15) is 5.82 Å². The lowest BCUT2D eigenvalue weighted by Gasteiger charge is -2.31. The Bertz CT molecular complexity index is 457. The molecule has 0 spiro atoms. The summed E-state index contributed by atoms with van der Waals surface area (Å²) in [4.78, 5) is 4.41. The molecule has 1 saturated heterocycles. The molecule has 0 radical (unpaired) electrons. The molecule has 1 aliphatic heterocycles. The summed E-state index contributed by atoms with van der Waals surface area (Å²) in [7, 11) is 4.09. The van der Waals surface area contributed by atoms with Crippen LogP contribution >= 0.6 is 11.6 Å². The number of aliphatic hydroxyl groups excluding tert-OH is 1. The summed E-state index contributed by atoms with van der Waals surface area (Å²) >= 11 is 5.96. The van der Waals surface area contributed by atoms with Crippen molar-refractivity contribution in [1.82, 2.24) is 9.80 Å². The fourth-order valence-corrected chi connectivity index (χ4v) is 2.99. The predicted molar refractivity (Wildman–Crippen MR) is 79.7 cm³/mol. The smallest absolute Gasteiger partial charge is 0.142 e. The van der Waals surface area contributed by atoms with E-state index in [0.717, 1.165) is 26.1 Å². The Morgan fingerprint density at radius 1 is 1.40 bits per heavy atom. The van der Waals surface area contributed by atoms with Gasteiger partial charge in [-0.15, -0.1) is 0 Å². The molecule has 1 heterocycles. The zero-order valence-electron chi connectivity index (χ0n) is 12.0. The molecule has 0 aromatic heterocycles. The maximum atomic E-state index is 13.4. The van der Waals surface area contributed by atoms with Gasteiger partial charge in [0.2, 0.25) is 0 Å². The lowest BCUT2D eigenvalue weighted by atomic mass is 10.0. The molecule has 1 fully saturated rings. The minimum Gasteiger partial charge on any atom is -0.391 e. The first-order valence-corrected chi connectivity index (χ1v) is 7.36. The predicted octanol–water partition coefficient (Wildman–Crippen LogP) is 2.02. The minimum atomic E-state index is -0.556. The molecule has 5 heteroatoms. The first-order chi connectivity index (χ1) is 9.49. The molecule has 3 nitrogen and oxygen atoms in total. The molecule has 112 valence electrons. The van der Waals surface area contributed by atoms with Crippen molar-refractivity contribution in [2.24, 2.45) is 0 Å². The maximum Gasteiger partial charge on any atom is 0.142 e. The third-order valence-corrected chi connectivity index (χ3v) is 4.44. The van der Waals surface area contributed by atoms with E-state index in [1.807, 2.05) is 7.05 Å². The largest absolute Gasteiger partial charge is 0.391 e. The van der Waals surface area contributed by atoms with Gasteiger partial charge < -0.3 is 10.0 Å². The van der Waals surface area contributed by atoms with E-state index in [0.29, 0.717) is 12.0 Å². The van der Waals surface area contributed by atoms with Gasteiger partial charge in [-0.25, -0.2) is 4.39 Å². The number of benzene rings is 1. The van der Waals surface area contributed by atoms with E-state index in [4.69, 9.17) is 11.6 Å². The molecule has 0 amide bonds. The Kier molecular flexibility index (Phi) is 5.38. The van der Waals surface area contributed by atoms with Crippen LogP contribution in [0.25, 0.3) is 0 Å². The zero-order valence-corrected chi connectivity index (χ0v) is 12.8. The van der Waals surface area contributed by atoms with Crippen molar-refractivity contribution < 1.29 is 9.50 Å². The van der Waals surface area contributed by atoms with E-state index in [1.165, 1.54) is 6.07 Å². The van der Waals surface area contributed by atoms with Crippen LogP contribution in [0.5, 0.6) is 0 Å².